The maximum Gasteiger partial charge on any atom is 0.161 e. The minimum absolute atomic E-state index is 0.233. The van der Waals surface area contributed by atoms with Gasteiger partial charge in [-0.2, -0.15) is 0 Å². The molecule has 0 bridgehead atoms. The summed E-state index contributed by atoms with van der Waals surface area (Å²) in [6.07, 6.45) is 1.22. The van der Waals surface area contributed by atoms with Crippen molar-refractivity contribution in [3.63, 3.8) is 0 Å². The molecule has 0 N–H and O–H groups in total. The summed E-state index contributed by atoms with van der Waals surface area (Å²) >= 11 is 0. The van der Waals surface area contributed by atoms with Gasteiger partial charge in [-0.25, -0.2) is 0 Å². The first-order chi connectivity index (χ1) is 10.3. The molecule has 5 heteroatoms. The molecule has 2 rings (SSSR count). The van der Waals surface area contributed by atoms with Crippen molar-refractivity contribution in [1.82, 2.24) is 4.90 Å². The summed E-state index contributed by atoms with van der Waals surface area (Å²) in [5, 5.41) is 0. The molecule has 0 saturated carbocycles. The molecule has 1 aliphatic heterocycles. The normalized spacial score (nSPS) is 18.7. The van der Waals surface area contributed by atoms with Crippen LogP contribution in [0.25, 0.3) is 0 Å². The average molecular weight is 295 g/mol. The lowest BCUT2D eigenvalue weighted by atomic mass is 10.2. The fourth-order valence-electron chi connectivity index (χ4n) is 2.23. The largest absolute Gasteiger partial charge is 0.493 e. The Hall–Kier alpha value is -1.30. The summed E-state index contributed by atoms with van der Waals surface area (Å²) in [4.78, 5) is 2.24. The monoisotopic (exact) mass is 295 g/mol. The number of likely N-dealkylation sites (N-methyl/N-ethyl adjacent to an activating group) is 1. The van der Waals surface area contributed by atoms with Crippen molar-refractivity contribution in [1.29, 1.82) is 0 Å². The minimum Gasteiger partial charge on any atom is -0.493 e. The van der Waals surface area contributed by atoms with Gasteiger partial charge in [-0.05, 0) is 25.6 Å². The first kappa shape index (κ1) is 16.1. The molecule has 1 aromatic rings. The van der Waals surface area contributed by atoms with Gasteiger partial charge in [-0.3, -0.25) is 0 Å². The number of nitrogens with zero attached hydrogens (tertiary/aromatic N) is 1. The minimum atomic E-state index is 0.233. The molecule has 5 nitrogen and oxygen atoms in total. The summed E-state index contributed by atoms with van der Waals surface area (Å²) in [5.41, 5.74) is 0. The average Bonchev–Trinajstić information content (AvgIpc) is 2.54. The molecule has 1 saturated heterocycles. The van der Waals surface area contributed by atoms with Crippen molar-refractivity contribution < 1.29 is 18.9 Å². The van der Waals surface area contributed by atoms with E-state index in [1.165, 1.54) is 0 Å². The van der Waals surface area contributed by atoms with Gasteiger partial charge in [0.25, 0.3) is 0 Å². The van der Waals surface area contributed by atoms with Gasteiger partial charge >= 0.3 is 0 Å². The Kier molecular flexibility index (Phi) is 6.79. The van der Waals surface area contributed by atoms with Crippen LogP contribution in [0.4, 0.5) is 0 Å². The van der Waals surface area contributed by atoms with Gasteiger partial charge in [0.05, 0.1) is 33.0 Å². The second-order valence-electron chi connectivity index (χ2n) is 5.16. The van der Waals surface area contributed by atoms with Crippen molar-refractivity contribution in [3.8, 4) is 11.5 Å². The van der Waals surface area contributed by atoms with Gasteiger partial charge in [-0.15, -0.1) is 0 Å². The van der Waals surface area contributed by atoms with E-state index < -0.39 is 0 Å². The summed E-state index contributed by atoms with van der Waals surface area (Å²) in [6, 6.07) is 7.71. The SMILES string of the molecule is COc1ccccc1OCCN(C)CCC1COCCO1. The molecule has 1 aromatic carbocycles. The molecule has 1 fully saturated rings. The van der Waals surface area contributed by atoms with Gasteiger partial charge < -0.3 is 23.8 Å². The van der Waals surface area contributed by atoms with Crippen molar-refractivity contribution in [2.75, 3.05) is 53.7 Å². The fourth-order valence-corrected chi connectivity index (χ4v) is 2.23. The van der Waals surface area contributed by atoms with E-state index in [9.17, 15) is 0 Å². The topological polar surface area (TPSA) is 40.2 Å². The lowest BCUT2D eigenvalue weighted by Gasteiger charge is -2.25. The maximum atomic E-state index is 5.77. The predicted molar refractivity (Wildman–Crippen MR) is 81.2 cm³/mol. The number of benzene rings is 1. The van der Waals surface area contributed by atoms with E-state index in [1.54, 1.807) is 7.11 Å². The standard InChI is InChI=1S/C16H25NO4/c1-17(8-7-14-13-19-11-12-20-14)9-10-21-16-6-4-3-5-15(16)18-2/h3-6,14H,7-13H2,1-2H3. The lowest BCUT2D eigenvalue weighted by Crippen LogP contribution is -2.33. The maximum absolute atomic E-state index is 5.77. The van der Waals surface area contributed by atoms with E-state index in [2.05, 4.69) is 11.9 Å². The lowest BCUT2D eigenvalue weighted by molar-refractivity contribution is -0.0923. The van der Waals surface area contributed by atoms with Crippen LogP contribution in [0.5, 0.6) is 11.5 Å². The Bertz CT molecular complexity index is 407. The van der Waals surface area contributed by atoms with Crippen LogP contribution in [0, 0.1) is 0 Å². The van der Waals surface area contributed by atoms with Crippen LogP contribution in [0.3, 0.4) is 0 Å². The van der Waals surface area contributed by atoms with Crippen molar-refractivity contribution >= 4 is 0 Å². The van der Waals surface area contributed by atoms with Gasteiger partial charge in [-0.1, -0.05) is 12.1 Å². The third kappa shape index (κ3) is 5.53. The molecule has 1 heterocycles. The van der Waals surface area contributed by atoms with Gasteiger partial charge in [0, 0.05) is 13.1 Å². The number of ether oxygens (including phenoxy) is 4. The molecule has 1 unspecified atom stereocenters. The smallest absolute Gasteiger partial charge is 0.161 e. The number of para-hydroxylation sites is 2. The van der Waals surface area contributed by atoms with Gasteiger partial charge in [0.1, 0.15) is 6.61 Å². The summed E-state index contributed by atoms with van der Waals surface area (Å²) in [6.45, 7) is 4.63. The van der Waals surface area contributed by atoms with E-state index in [4.69, 9.17) is 18.9 Å². The van der Waals surface area contributed by atoms with Crippen LogP contribution in [0.2, 0.25) is 0 Å². The van der Waals surface area contributed by atoms with Crippen LogP contribution in [0.15, 0.2) is 24.3 Å². The van der Waals surface area contributed by atoms with Crippen molar-refractivity contribution in [2.45, 2.75) is 12.5 Å². The number of methoxy groups -OCH3 is 1. The Labute approximate surface area is 126 Å². The Morgan fingerprint density at radius 3 is 2.71 bits per heavy atom. The second-order valence-corrected chi connectivity index (χ2v) is 5.16. The predicted octanol–water partition coefficient (Wildman–Crippen LogP) is 1.81. The zero-order valence-electron chi connectivity index (χ0n) is 12.9. The van der Waals surface area contributed by atoms with Gasteiger partial charge in [0.15, 0.2) is 11.5 Å². The zero-order valence-corrected chi connectivity index (χ0v) is 12.9. The van der Waals surface area contributed by atoms with Crippen LogP contribution in [-0.2, 0) is 9.47 Å². The Morgan fingerprint density at radius 1 is 1.19 bits per heavy atom. The first-order valence-corrected chi connectivity index (χ1v) is 7.43. The summed E-state index contributed by atoms with van der Waals surface area (Å²) in [5.74, 6) is 1.56. The highest BCUT2D eigenvalue weighted by atomic mass is 16.6. The molecule has 0 aliphatic carbocycles. The quantitative estimate of drug-likeness (QED) is 0.731. The van der Waals surface area contributed by atoms with E-state index in [0.29, 0.717) is 19.8 Å². The van der Waals surface area contributed by atoms with Crippen LogP contribution >= 0.6 is 0 Å². The molecule has 21 heavy (non-hydrogen) atoms. The van der Waals surface area contributed by atoms with E-state index in [-0.39, 0.29) is 6.10 Å². The highest BCUT2D eigenvalue weighted by Crippen LogP contribution is 2.25. The molecule has 0 spiro atoms. The van der Waals surface area contributed by atoms with Crippen LogP contribution in [-0.4, -0.2) is 64.7 Å². The second kappa shape index (κ2) is 8.87. The summed E-state index contributed by atoms with van der Waals surface area (Å²) in [7, 11) is 3.75. The van der Waals surface area contributed by atoms with E-state index in [0.717, 1.165) is 37.6 Å². The zero-order chi connectivity index (χ0) is 14.9. The molecular formula is C16H25NO4. The third-order valence-electron chi connectivity index (χ3n) is 3.52. The third-order valence-corrected chi connectivity index (χ3v) is 3.52. The summed E-state index contributed by atoms with van der Waals surface area (Å²) < 4.78 is 22.1. The molecule has 1 aliphatic rings. The number of hydrogen-bond acceptors (Lipinski definition) is 5. The fraction of sp³-hybridized carbons (Fsp3) is 0.625. The Morgan fingerprint density at radius 2 is 2.00 bits per heavy atom. The molecule has 0 aromatic heterocycles. The van der Waals surface area contributed by atoms with E-state index in [1.807, 2.05) is 24.3 Å². The van der Waals surface area contributed by atoms with E-state index >= 15 is 0 Å². The van der Waals surface area contributed by atoms with Crippen LogP contribution in [0.1, 0.15) is 6.42 Å². The highest BCUT2D eigenvalue weighted by Gasteiger charge is 2.14. The number of hydrogen-bond donors (Lipinski definition) is 0. The van der Waals surface area contributed by atoms with Crippen LogP contribution < -0.4 is 9.47 Å². The Balaban J connectivity index is 1.63. The van der Waals surface area contributed by atoms with Gasteiger partial charge in [0.2, 0.25) is 0 Å². The first-order valence-electron chi connectivity index (χ1n) is 7.43. The van der Waals surface area contributed by atoms with Crippen molar-refractivity contribution in [2.24, 2.45) is 0 Å². The molecule has 0 radical (unpaired) electrons. The molecule has 118 valence electrons. The highest BCUT2D eigenvalue weighted by molar-refractivity contribution is 5.39. The molecular weight excluding hydrogens is 270 g/mol. The molecule has 0 amide bonds. The van der Waals surface area contributed by atoms with Crippen molar-refractivity contribution in [3.05, 3.63) is 24.3 Å². The number of rotatable bonds is 8. The molecule has 1 atom stereocenters.